The third kappa shape index (κ3) is 4.34. The van der Waals surface area contributed by atoms with Crippen LogP contribution in [0, 0.1) is 0 Å². The molecule has 1 aromatic heterocycles. The van der Waals surface area contributed by atoms with Crippen LogP contribution in [-0.4, -0.2) is 38.3 Å². The van der Waals surface area contributed by atoms with Gasteiger partial charge >= 0.3 is 0 Å². The fourth-order valence-corrected chi connectivity index (χ4v) is 3.25. The van der Waals surface area contributed by atoms with Crippen LogP contribution < -0.4 is 15.6 Å². The molecule has 0 fully saturated rings. The van der Waals surface area contributed by atoms with Crippen molar-refractivity contribution < 1.29 is 8.42 Å². The van der Waals surface area contributed by atoms with Gasteiger partial charge in [-0.1, -0.05) is 23.2 Å². The van der Waals surface area contributed by atoms with E-state index < -0.39 is 15.6 Å². The van der Waals surface area contributed by atoms with Crippen molar-refractivity contribution in [3.05, 3.63) is 50.9 Å². The number of aromatic nitrogens is 2. The minimum Gasteiger partial charge on any atom is -0.320 e. The van der Waals surface area contributed by atoms with E-state index in [9.17, 15) is 13.2 Å². The summed E-state index contributed by atoms with van der Waals surface area (Å²) >= 11 is 11.5. The molecule has 0 spiro atoms. The lowest BCUT2D eigenvalue weighted by atomic mass is 10.3. The minimum atomic E-state index is -3.60. The summed E-state index contributed by atoms with van der Waals surface area (Å²) in [4.78, 5) is 12.1. The molecule has 0 unspecified atom stereocenters. The van der Waals surface area contributed by atoms with E-state index in [2.05, 4.69) is 15.1 Å². The summed E-state index contributed by atoms with van der Waals surface area (Å²) in [6, 6.07) is 5.74. The molecule has 2 N–H and O–H groups in total. The molecule has 24 heavy (non-hydrogen) atoms. The van der Waals surface area contributed by atoms with Crippen molar-refractivity contribution >= 4 is 33.2 Å². The largest absolute Gasteiger partial charge is 0.320 e. The number of hydrogen-bond donors (Lipinski definition) is 2. The molecule has 2 rings (SSSR count). The smallest absolute Gasteiger partial charge is 0.291 e. The molecule has 0 aliphatic rings. The second-order valence-electron chi connectivity index (χ2n) is 4.87. The Bertz CT molecular complexity index is 867. The van der Waals surface area contributed by atoms with Crippen LogP contribution in [0.1, 0.15) is 6.42 Å². The number of sulfonamides is 1. The van der Waals surface area contributed by atoms with Gasteiger partial charge in [0, 0.05) is 6.54 Å². The summed E-state index contributed by atoms with van der Waals surface area (Å²) in [6.07, 6.45) is 1.93. The van der Waals surface area contributed by atoms with Crippen molar-refractivity contribution in [2.75, 3.05) is 20.1 Å². The molecule has 0 radical (unpaired) electrons. The van der Waals surface area contributed by atoms with Crippen molar-refractivity contribution in [2.45, 2.75) is 11.3 Å². The Kier molecular flexibility index (Phi) is 6.36. The predicted octanol–water partition coefficient (Wildman–Crippen LogP) is 1.43. The van der Waals surface area contributed by atoms with Crippen molar-refractivity contribution in [1.82, 2.24) is 19.8 Å². The molecule has 1 heterocycles. The molecule has 0 aliphatic carbocycles. The van der Waals surface area contributed by atoms with Gasteiger partial charge in [-0.3, -0.25) is 4.79 Å². The number of hydrogen-bond acceptors (Lipinski definition) is 5. The maximum Gasteiger partial charge on any atom is 0.291 e. The Morgan fingerprint density at radius 2 is 1.83 bits per heavy atom. The molecule has 0 amide bonds. The van der Waals surface area contributed by atoms with E-state index in [1.165, 1.54) is 30.5 Å². The van der Waals surface area contributed by atoms with Crippen molar-refractivity contribution in [3.8, 4) is 5.69 Å². The quantitative estimate of drug-likeness (QED) is 0.697. The number of nitrogens with one attached hydrogen (secondary N) is 2. The highest BCUT2D eigenvalue weighted by Crippen LogP contribution is 2.17. The molecule has 1 aromatic carbocycles. The zero-order valence-electron chi connectivity index (χ0n) is 12.8. The van der Waals surface area contributed by atoms with E-state index in [1.54, 1.807) is 7.05 Å². The van der Waals surface area contributed by atoms with Gasteiger partial charge in [0.1, 0.15) is 5.02 Å². The first kappa shape index (κ1) is 18.9. The highest BCUT2D eigenvalue weighted by molar-refractivity contribution is 7.89. The van der Waals surface area contributed by atoms with Gasteiger partial charge in [0.05, 0.1) is 21.8 Å². The number of benzene rings is 1. The number of nitrogens with zero attached hydrogens (tertiary/aromatic N) is 2. The van der Waals surface area contributed by atoms with Crippen molar-refractivity contribution in [1.29, 1.82) is 0 Å². The van der Waals surface area contributed by atoms with Crippen LogP contribution in [0.15, 0.2) is 40.2 Å². The Morgan fingerprint density at radius 1 is 1.17 bits per heavy atom. The molecule has 0 atom stereocenters. The summed E-state index contributed by atoms with van der Waals surface area (Å²) in [5.41, 5.74) is -0.197. The summed E-state index contributed by atoms with van der Waals surface area (Å²) < 4.78 is 27.9. The molecule has 0 aliphatic heterocycles. The van der Waals surface area contributed by atoms with Crippen LogP contribution in [0.4, 0.5) is 0 Å². The third-order valence-electron chi connectivity index (χ3n) is 3.16. The number of halogens is 2. The van der Waals surface area contributed by atoms with Crippen LogP contribution >= 0.6 is 23.2 Å². The highest BCUT2D eigenvalue weighted by Gasteiger charge is 2.14. The molecule has 0 bridgehead atoms. The van der Waals surface area contributed by atoms with Crippen LogP contribution in [0.2, 0.25) is 10.0 Å². The summed E-state index contributed by atoms with van der Waals surface area (Å²) in [5, 5.41) is 6.74. The Hall–Kier alpha value is -1.45. The Balaban J connectivity index is 2.22. The van der Waals surface area contributed by atoms with Crippen LogP contribution in [0.25, 0.3) is 5.69 Å². The minimum absolute atomic E-state index is 0.0582. The van der Waals surface area contributed by atoms with Gasteiger partial charge < -0.3 is 5.32 Å². The van der Waals surface area contributed by atoms with E-state index in [-0.39, 0.29) is 14.9 Å². The second-order valence-corrected chi connectivity index (χ2v) is 7.42. The molecule has 7 nitrogen and oxygen atoms in total. The van der Waals surface area contributed by atoms with Crippen LogP contribution in [0.5, 0.6) is 0 Å². The lowest BCUT2D eigenvalue weighted by molar-refractivity contribution is 0.577. The van der Waals surface area contributed by atoms with E-state index in [1.807, 2.05) is 0 Å². The van der Waals surface area contributed by atoms with Gasteiger partial charge in [-0.05, 0) is 44.3 Å². The molecule has 2 aromatic rings. The van der Waals surface area contributed by atoms with E-state index >= 15 is 0 Å². The Labute approximate surface area is 149 Å². The summed E-state index contributed by atoms with van der Waals surface area (Å²) in [7, 11) is -1.80. The van der Waals surface area contributed by atoms with Gasteiger partial charge in [-0.15, -0.1) is 0 Å². The van der Waals surface area contributed by atoms with Gasteiger partial charge in [0.25, 0.3) is 5.56 Å². The Morgan fingerprint density at radius 3 is 2.46 bits per heavy atom. The maximum absolute atomic E-state index is 12.2. The topological polar surface area (TPSA) is 93.1 Å². The van der Waals surface area contributed by atoms with Gasteiger partial charge in [0.15, 0.2) is 0 Å². The van der Waals surface area contributed by atoms with Gasteiger partial charge in [0.2, 0.25) is 10.0 Å². The molecular formula is C14H16Cl2N4O3S. The molecule has 130 valence electrons. The normalized spacial score (nSPS) is 11.6. The number of rotatable bonds is 7. The second kappa shape index (κ2) is 8.09. The third-order valence-corrected chi connectivity index (χ3v) is 5.39. The fraction of sp³-hybridized carbons (Fsp3) is 0.286. The first-order valence-corrected chi connectivity index (χ1v) is 9.29. The SMILES string of the molecule is CNCCCNS(=O)(=O)c1ccc(-n2ncc(Cl)c(Cl)c2=O)cc1. The predicted molar refractivity (Wildman–Crippen MR) is 93.6 cm³/mol. The first-order valence-electron chi connectivity index (χ1n) is 7.05. The fourth-order valence-electron chi connectivity index (χ4n) is 1.92. The van der Waals surface area contributed by atoms with E-state index in [4.69, 9.17) is 23.2 Å². The molecular weight excluding hydrogens is 375 g/mol. The first-order chi connectivity index (χ1) is 11.4. The zero-order valence-corrected chi connectivity index (χ0v) is 15.1. The molecule has 0 saturated heterocycles. The van der Waals surface area contributed by atoms with Crippen LogP contribution in [-0.2, 0) is 10.0 Å². The molecule has 10 heteroatoms. The van der Waals surface area contributed by atoms with Crippen molar-refractivity contribution in [3.63, 3.8) is 0 Å². The van der Waals surface area contributed by atoms with Crippen molar-refractivity contribution in [2.24, 2.45) is 0 Å². The monoisotopic (exact) mass is 390 g/mol. The lowest BCUT2D eigenvalue weighted by Crippen LogP contribution is -2.27. The molecule has 0 saturated carbocycles. The van der Waals surface area contributed by atoms with Gasteiger partial charge in [-0.25, -0.2) is 13.1 Å². The maximum atomic E-state index is 12.2. The highest BCUT2D eigenvalue weighted by atomic mass is 35.5. The van der Waals surface area contributed by atoms with E-state index in [0.29, 0.717) is 25.2 Å². The standard InChI is InChI=1S/C14H16Cl2N4O3S/c1-17-7-2-8-19-24(22,23)11-5-3-10(4-6-11)20-14(21)13(16)12(15)9-18-20/h3-6,9,17,19H,2,7-8H2,1H3. The van der Waals surface area contributed by atoms with E-state index in [0.717, 1.165) is 4.68 Å². The average Bonchev–Trinajstić information content (AvgIpc) is 2.57. The van der Waals surface area contributed by atoms with Crippen LogP contribution in [0.3, 0.4) is 0 Å². The summed E-state index contributed by atoms with van der Waals surface area (Å²) in [6.45, 7) is 1.05. The lowest BCUT2D eigenvalue weighted by Gasteiger charge is -2.09. The average molecular weight is 391 g/mol. The van der Waals surface area contributed by atoms with Gasteiger partial charge in [-0.2, -0.15) is 9.78 Å². The zero-order chi connectivity index (χ0) is 17.7. The summed E-state index contributed by atoms with van der Waals surface area (Å²) in [5.74, 6) is 0.